The molecule has 0 radical (unpaired) electrons. The fourth-order valence-corrected chi connectivity index (χ4v) is 2.72. The second-order valence-electron chi connectivity index (χ2n) is 4.06. The van der Waals surface area contributed by atoms with E-state index in [4.69, 9.17) is 0 Å². The third-order valence-electron chi connectivity index (χ3n) is 2.83. The first-order chi connectivity index (χ1) is 8.97. The summed E-state index contributed by atoms with van der Waals surface area (Å²) in [4.78, 5) is 3.53. The molecule has 0 N–H and O–H groups in total. The molecule has 0 aliphatic carbocycles. The summed E-state index contributed by atoms with van der Waals surface area (Å²) in [5.74, 6) is 0. The summed E-state index contributed by atoms with van der Waals surface area (Å²) in [6.07, 6.45) is -1.32. The first-order valence-corrected chi connectivity index (χ1v) is 6.27. The number of thiophene rings is 1. The minimum atomic E-state index is -4.34. The van der Waals surface area contributed by atoms with Crippen molar-refractivity contribution in [1.29, 1.82) is 0 Å². The van der Waals surface area contributed by atoms with Gasteiger partial charge >= 0.3 is 6.18 Å². The Morgan fingerprint density at radius 3 is 2.79 bits per heavy atom. The average Bonchev–Trinajstić information content (AvgIpc) is 2.95. The molecule has 98 valence electrons. The molecular formula is C12H8F3N3S. The number of rotatable bonds is 1. The molecule has 0 atom stereocenters. The number of aryl methyl sites for hydroxylation is 1. The smallest absolute Gasteiger partial charge is 0.266 e. The normalized spacial score (nSPS) is 12.2. The van der Waals surface area contributed by atoms with Crippen LogP contribution in [-0.2, 0) is 13.2 Å². The monoisotopic (exact) mass is 283 g/mol. The zero-order chi connectivity index (χ0) is 13.6. The van der Waals surface area contributed by atoms with Crippen LogP contribution in [0.4, 0.5) is 13.2 Å². The second-order valence-corrected chi connectivity index (χ2v) is 4.97. The lowest BCUT2D eigenvalue weighted by Crippen LogP contribution is -2.03. The zero-order valence-corrected chi connectivity index (χ0v) is 10.6. The molecule has 0 aromatic carbocycles. The quantitative estimate of drug-likeness (QED) is 0.681. The molecule has 3 rings (SSSR count). The number of aromatic nitrogens is 3. The molecule has 3 aromatic rings. The fraction of sp³-hybridized carbons (Fsp3) is 0.167. The van der Waals surface area contributed by atoms with Gasteiger partial charge in [-0.1, -0.05) is 0 Å². The van der Waals surface area contributed by atoms with Crippen LogP contribution in [-0.4, -0.2) is 14.8 Å². The van der Waals surface area contributed by atoms with Gasteiger partial charge in [-0.2, -0.15) is 18.3 Å². The van der Waals surface area contributed by atoms with E-state index in [2.05, 4.69) is 10.1 Å². The second kappa shape index (κ2) is 4.06. The van der Waals surface area contributed by atoms with E-state index in [0.29, 0.717) is 27.9 Å². The topological polar surface area (TPSA) is 30.7 Å². The summed E-state index contributed by atoms with van der Waals surface area (Å²) < 4.78 is 40.2. The van der Waals surface area contributed by atoms with E-state index < -0.39 is 11.1 Å². The van der Waals surface area contributed by atoms with Gasteiger partial charge in [0, 0.05) is 24.4 Å². The van der Waals surface area contributed by atoms with E-state index in [0.717, 1.165) is 0 Å². The van der Waals surface area contributed by atoms with Crippen molar-refractivity contribution in [1.82, 2.24) is 14.8 Å². The number of nitrogens with zero attached hydrogens (tertiary/aromatic N) is 3. The Hall–Kier alpha value is -1.89. The van der Waals surface area contributed by atoms with Crippen molar-refractivity contribution < 1.29 is 13.2 Å². The number of hydrogen-bond acceptors (Lipinski definition) is 3. The van der Waals surface area contributed by atoms with Gasteiger partial charge in [0.1, 0.15) is 10.4 Å². The molecule has 0 spiro atoms. The van der Waals surface area contributed by atoms with Gasteiger partial charge in [-0.3, -0.25) is 9.67 Å². The Bertz CT molecular complexity index is 742. The third-order valence-corrected chi connectivity index (χ3v) is 3.79. The molecule has 19 heavy (non-hydrogen) atoms. The van der Waals surface area contributed by atoms with Gasteiger partial charge < -0.3 is 0 Å². The Morgan fingerprint density at radius 2 is 2.05 bits per heavy atom. The van der Waals surface area contributed by atoms with Gasteiger partial charge in [0.2, 0.25) is 0 Å². The predicted molar refractivity (Wildman–Crippen MR) is 66.8 cm³/mol. The van der Waals surface area contributed by atoms with Gasteiger partial charge in [0.25, 0.3) is 0 Å². The Morgan fingerprint density at radius 1 is 1.26 bits per heavy atom. The van der Waals surface area contributed by atoms with Crippen LogP contribution >= 0.6 is 11.3 Å². The van der Waals surface area contributed by atoms with E-state index in [1.165, 1.54) is 17.6 Å². The number of alkyl halides is 3. The summed E-state index contributed by atoms with van der Waals surface area (Å²) in [5, 5.41) is 5.46. The van der Waals surface area contributed by atoms with E-state index in [9.17, 15) is 13.2 Å². The molecule has 0 saturated carbocycles. The van der Waals surface area contributed by atoms with Gasteiger partial charge in [-0.05, 0) is 17.5 Å². The first-order valence-electron chi connectivity index (χ1n) is 5.39. The summed E-state index contributed by atoms with van der Waals surface area (Å²) in [6, 6.07) is 3.14. The summed E-state index contributed by atoms with van der Waals surface area (Å²) >= 11 is 0.688. The Labute approximate surface area is 110 Å². The maximum atomic E-state index is 12.9. The molecule has 0 unspecified atom stereocenters. The van der Waals surface area contributed by atoms with Crippen molar-refractivity contribution in [3.05, 3.63) is 34.8 Å². The van der Waals surface area contributed by atoms with Crippen molar-refractivity contribution in [2.45, 2.75) is 6.18 Å². The van der Waals surface area contributed by atoms with Crippen LogP contribution in [0.15, 0.2) is 29.9 Å². The van der Waals surface area contributed by atoms with Crippen LogP contribution in [0.2, 0.25) is 0 Å². The fourth-order valence-electron chi connectivity index (χ4n) is 1.93. The molecule has 3 nitrogen and oxygen atoms in total. The highest BCUT2D eigenvalue weighted by Crippen LogP contribution is 2.40. The lowest BCUT2D eigenvalue weighted by atomic mass is 10.1. The van der Waals surface area contributed by atoms with Gasteiger partial charge in [0.05, 0.1) is 11.7 Å². The predicted octanol–water partition coefficient (Wildman–Crippen LogP) is 3.72. The molecule has 0 saturated heterocycles. The maximum absolute atomic E-state index is 12.9. The van der Waals surface area contributed by atoms with Crippen LogP contribution in [0.1, 0.15) is 4.88 Å². The van der Waals surface area contributed by atoms with E-state index in [1.807, 2.05) is 0 Å². The third kappa shape index (κ3) is 1.99. The maximum Gasteiger partial charge on any atom is 0.426 e. The highest BCUT2D eigenvalue weighted by atomic mass is 32.1. The summed E-state index contributed by atoms with van der Waals surface area (Å²) in [5.41, 5.74) is 1.98. The minimum Gasteiger partial charge on any atom is -0.266 e. The van der Waals surface area contributed by atoms with E-state index >= 15 is 0 Å². The van der Waals surface area contributed by atoms with Crippen molar-refractivity contribution in [3.63, 3.8) is 0 Å². The van der Waals surface area contributed by atoms with E-state index in [-0.39, 0.29) is 5.56 Å². The molecule has 0 bridgehead atoms. The highest BCUT2D eigenvalue weighted by Gasteiger charge is 2.35. The van der Waals surface area contributed by atoms with E-state index in [1.54, 1.807) is 24.0 Å². The SMILES string of the molecule is Cn1ncc2ncc(-c3ccsc3C(F)(F)F)cc21. The average molecular weight is 283 g/mol. The first kappa shape index (κ1) is 12.2. The van der Waals surface area contributed by atoms with Crippen LogP contribution in [0, 0.1) is 0 Å². The van der Waals surface area contributed by atoms with Crippen molar-refractivity contribution in [2.24, 2.45) is 7.05 Å². The highest BCUT2D eigenvalue weighted by molar-refractivity contribution is 7.10. The summed E-state index contributed by atoms with van der Waals surface area (Å²) in [6.45, 7) is 0. The van der Waals surface area contributed by atoms with Crippen LogP contribution < -0.4 is 0 Å². The van der Waals surface area contributed by atoms with Gasteiger partial charge in [-0.15, -0.1) is 11.3 Å². The molecule has 3 heterocycles. The summed E-state index contributed by atoms with van der Waals surface area (Å²) in [7, 11) is 1.73. The van der Waals surface area contributed by atoms with Crippen molar-refractivity contribution in [2.75, 3.05) is 0 Å². The van der Waals surface area contributed by atoms with Crippen molar-refractivity contribution in [3.8, 4) is 11.1 Å². The number of halogens is 3. The van der Waals surface area contributed by atoms with Gasteiger partial charge in [0.15, 0.2) is 0 Å². The number of pyridine rings is 1. The van der Waals surface area contributed by atoms with Crippen LogP contribution in [0.3, 0.4) is 0 Å². The zero-order valence-electron chi connectivity index (χ0n) is 9.77. The Kier molecular flexibility index (Phi) is 2.60. The number of fused-ring (bicyclic) bond motifs is 1. The molecule has 0 aliphatic rings. The molecule has 0 fully saturated rings. The van der Waals surface area contributed by atoms with Crippen molar-refractivity contribution >= 4 is 22.4 Å². The minimum absolute atomic E-state index is 0.160. The molecule has 0 aliphatic heterocycles. The molecule has 0 amide bonds. The largest absolute Gasteiger partial charge is 0.426 e. The van der Waals surface area contributed by atoms with Crippen LogP contribution in [0.5, 0.6) is 0 Å². The standard InChI is InChI=1S/C12H8F3N3S/c1-18-10-4-7(5-16-9(10)6-17-18)8-2-3-19-11(8)12(13,14)15/h2-6H,1H3. The molecule has 3 aromatic heterocycles. The molecule has 7 heteroatoms. The van der Waals surface area contributed by atoms with Gasteiger partial charge in [-0.25, -0.2) is 0 Å². The van der Waals surface area contributed by atoms with Crippen LogP contribution in [0.25, 0.3) is 22.2 Å². The molecular weight excluding hydrogens is 275 g/mol. The number of hydrogen-bond donors (Lipinski definition) is 0. The Balaban J connectivity index is 2.19. The lowest BCUT2D eigenvalue weighted by molar-refractivity contribution is -0.133. The lowest BCUT2D eigenvalue weighted by Gasteiger charge is -2.07.